The number of carbonyl (C=O) groups is 1. The van der Waals surface area contributed by atoms with Crippen LogP contribution in [0.3, 0.4) is 0 Å². The Morgan fingerprint density at radius 2 is 1.94 bits per heavy atom. The van der Waals surface area contributed by atoms with E-state index in [2.05, 4.69) is 0 Å². The van der Waals surface area contributed by atoms with Crippen LogP contribution in [0.25, 0.3) is 0 Å². The molecule has 6 heteroatoms. The molecular formula is C11H20N2O3S. The number of nitrogens with zero attached hydrogens (tertiary/aromatic N) is 1. The average Bonchev–Trinajstić information content (AvgIpc) is 3.02. The van der Waals surface area contributed by atoms with Crippen LogP contribution in [0, 0.1) is 5.92 Å². The van der Waals surface area contributed by atoms with Crippen molar-refractivity contribution >= 4 is 15.7 Å². The highest BCUT2D eigenvalue weighted by molar-refractivity contribution is 7.91. The number of hydrogen-bond acceptors (Lipinski definition) is 4. The van der Waals surface area contributed by atoms with Crippen LogP contribution in [0.4, 0.5) is 0 Å². The van der Waals surface area contributed by atoms with Crippen LogP contribution in [0.15, 0.2) is 0 Å². The first kappa shape index (κ1) is 12.8. The molecule has 1 aliphatic heterocycles. The van der Waals surface area contributed by atoms with Gasteiger partial charge in [-0.05, 0) is 32.1 Å². The highest BCUT2D eigenvalue weighted by atomic mass is 32.2. The summed E-state index contributed by atoms with van der Waals surface area (Å²) in [6.07, 6.45) is 2.52. The zero-order valence-electron chi connectivity index (χ0n) is 10.3. The van der Waals surface area contributed by atoms with Crippen LogP contribution in [0.2, 0.25) is 0 Å². The molecule has 1 aliphatic carbocycles. The Balaban J connectivity index is 2.05. The molecule has 2 unspecified atom stereocenters. The van der Waals surface area contributed by atoms with Crippen molar-refractivity contribution < 1.29 is 13.2 Å². The van der Waals surface area contributed by atoms with Crippen LogP contribution in [-0.2, 0) is 14.6 Å². The van der Waals surface area contributed by atoms with E-state index in [-0.39, 0.29) is 29.4 Å². The SMILES string of the molecule is CN(C(=O)C(C)(N)C1CC1)C1CCS(=O)(=O)C1. The van der Waals surface area contributed by atoms with Crippen LogP contribution >= 0.6 is 0 Å². The zero-order valence-corrected chi connectivity index (χ0v) is 11.2. The largest absolute Gasteiger partial charge is 0.340 e. The van der Waals surface area contributed by atoms with Crippen molar-refractivity contribution in [3.63, 3.8) is 0 Å². The zero-order chi connectivity index (χ0) is 12.8. The van der Waals surface area contributed by atoms with E-state index in [9.17, 15) is 13.2 Å². The Morgan fingerprint density at radius 1 is 1.35 bits per heavy atom. The molecule has 1 saturated carbocycles. The molecule has 2 atom stereocenters. The molecule has 98 valence electrons. The maximum absolute atomic E-state index is 12.3. The Kier molecular flexibility index (Phi) is 2.98. The highest BCUT2D eigenvalue weighted by Gasteiger charge is 2.47. The second-order valence-electron chi connectivity index (χ2n) is 5.53. The lowest BCUT2D eigenvalue weighted by molar-refractivity contribution is -0.137. The van der Waals surface area contributed by atoms with Crippen molar-refractivity contribution in [3.8, 4) is 0 Å². The van der Waals surface area contributed by atoms with Crippen molar-refractivity contribution in [3.05, 3.63) is 0 Å². The fraction of sp³-hybridized carbons (Fsp3) is 0.909. The van der Waals surface area contributed by atoms with Gasteiger partial charge in [-0.15, -0.1) is 0 Å². The predicted molar refractivity (Wildman–Crippen MR) is 65.1 cm³/mol. The minimum atomic E-state index is -2.96. The molecule has 0 aromatic carbocycles. The lowest BCUT2D eigenvalue weighted by atomic mass is 9.95. The number of likely N-dealkylation sites (N-methyl/N-ethyl adjacent to an activating group) is 1. The summed E-state index contributed by atoms with van der Waals surface area (Å²) in [6, 6.07) is -0.200. The van der Waals surface area contributed by atoms with Crippen LogP contribution in [0.1, 0.15) is 26.2 Å². The normalized spacial score (nSPS) is 30.9. The van der Waals surface area contributed by atoms with E-state index in [1.54, 1.807) is 18.9 Å². The molecule has 2 N–H and O–H groups in total. The summed E-state index contributed by atoms with van der Waals surface area (Å²) >= 11 is 0. The molecule has 1 saturated heterocycles. The van der Waals surface area contributed by atoms with Gasteiger partial charge in [0.15, 0.2) is 9.84 Å². The molecule has 17 heavy (non-hydrogen) atoms. The van der Waals surface area contributed by atoms with Crippen molar-refractivity contribution in [1.29, 1.82) is 0 Å². The molecular weight excluding hydrogens is 240 g/mol. The Labute approximate surface area is 102 Å². The molecule has 1 amide bonds. The van der Waals surface area contributed by atoms with Gasteiger partial charge in [0.1, 0.15) is 0 Å². The topological polar surface area (TPSA) is 80.5 Å². The monoisotopic (exact) mass is 260 g/mol. The van der Waals surface area contributed by atoms with Gasteiger partial charge in [0.25, 0.3) is 0 Å². The van der Waals surface area contributed by atoms with E-state index in [4.69, 9.17) is 5.73 Å². The van der Waals surface area contributed by atoms with Crippen molar-refractivity contribution in [2.75, 3.05) is 18.6 Å². The van der Waals surface area contributed by atoms with E-state index in [1.807, 2.05) is 0 Å². The quantitative estimate of drug-likeness (QED) is 0.759. The molecule has 5 nitrogen and oxygen atoms in total. The van der Waals surface area contributed by atoms with Gasteiger partial charge in [-0.3, -0.25) is 4.79 Å². The number of hydrogen-bond donors (Lipinski definition) is 1. The van der Waals surface area contributed by atoms with Gasteiger partial charge in [-0.1, -0.05) is 0 Å². The fourth-order valence-electron chi connectivity index (χ4n) is 2.48. The van der Waals surface area contributed by atoms with Gasteiger partial charge in [0, 0.05) is 13.1 Å². The van der Waals surface area contributed by atoms with Gasteiger partial charge in [0.05, 0.1) is 17.0 Å². The first-order valence-electron chi connectivity index (χ1n) is 6.00. The van der Waals surface area contributed by atoms with Crippen molar-refractivity contribution in [2.45, 2.75) is 37.8 Å². The molecule has 0 spiro atoms. The van der Waals surface area contributed by atoms with Crippen LogP contribution < -0.4 is 5.73 Å². The number of sulfone groups is 1. The number of amides is 1. The first-order chi connectivity index (χ1) is 7.74. The molecule has 2 fully saturated rings. The van der Waals surface area contributed by atoms with E-state index in [0.717, 1.165) is 12.8 Å². The standard InChI is InChI=1S/C11H20N2O3S/c1-11(12,8-3-4-8)10(14)13(2)9-5-6-17(15,16)7-9/h8-9H,3-7,12H2,1-2H3. The van der Waals surface area contributed by atoms with Gasteiger partial charge >= 0.3 is 0 Å². The summed E-state index contributed by atoms with van der Waals surface area (Å²) in [4.78, 5) is 13.8. The fourth-order valence-corrected chi connectivity index (χ4v) is 4.26. The third-order valence-electron chi connectivity index (χ3n) is 3.96. The van der Waals surface area contributed by atoms with Gasteiger partial charge in [-0.2, -0.15) is 0 Å². The molecule has 2 aliphatic rings. The lowest BCUT2D eigenvalue weighted by Gasteiger charge is -2.32. The molecule has 0 radical (unpaired) electrons. The molecule has 0 bridgehead atoms. The molecule has 0 aromatic rings. The number of carbonyl (C=O) groups excluding carboxylic acids is 1. The smallest absolute Gasteiger partial charge is 0.242 e. The highest BCUT2D eigenvalue weighted by Crippen LogP contribution is 2.39. The molecule has 2 rings (SSSR count). The minimum Gasteiger partial charge on any atom is -0.340 e. The predicted octanol–water partition coefficient (Wildman–Crippen LogP) is -0.241. The summed E-state index contributed by atoms with van der Waals surface area (Å²) in [5, 5.41) is 0. The summed E-state index contributed by atoms with van der Waals surface area (Å²) in [5.74, 6) is 0.397. The first-order valence-corrected chi connectivity index (χ1v) is 7.83. The van der Waals surface area contributed by atoms with Crippen molar-refractivity contribution in [2.24, 2.45) is 11.7 Å². The van der Waals surface area contributed by atoms with Gasteiger partial charge in [0.2, 0.25) is 5.91 Å². The third-order valence-corrected chi connectivity index (χ3v) is 5.71. The third kappa shape index (κ3) is 2.47. The molecule has 1 heterocycles. The second kappa shape index (κ2) is 3.95. The Morgan fingerprint density at radius 3 is 2.35 bits per heavy atom. The summed E-state index contributed by atoms with van der Waals surface area (Å²) in [7, 11) is -1.29. The summed E-state index contributed by atoms with van der Waals surface area (Å²) < 4.78 is 22.8. The van der Waals surface area contributed by atoms with Gasteiger partial charge < -0.3 is 10.6 Å². The van der Waals surface area contributed by atoms with Crippen molar-refractivity contribution in [1.82, 2.24) is 4.90 Å². The lowest BCUT2D eigenvalue weighted by Crippen LogP contribution is -2.56. The Hall–Kier alpha value is -0.620. The van der Waals surface area contributed by atoms with Crippen LogP contribution in [0.5, 0.6) is 0 Å². The second-order valence-corrected chi connectivity index (χ2v) is 7.76. The van der Waals surface area contributed by atoms with E-state index in [1.165, 1.54) is 0 Å². The maximum atomic E-state index is 12.3. The summed E-state index contributed by atoms with van der Waals surface area (Å²) in [6.45, 7) is 1.76. The minimum absolute atomic E-state index is 0.0794. The van der Waals surface area contributed by atoms with Gasteiger partial charge in [-0.25, -0.2) is 8.42 Å². The maximum Gasteiger partial charge on any atom is 0.242 e. The number of rotatable bonds is 3. The Bertz CT molecular complexity index is 426. The van der Waals surface area contributed by atoms with E-state index >= 15 is 0 Å². The summed E-state index contributed by atoms with van der Waals surface area (Å²) in [5.41, 5.74) is 5.23. The van der Waals surface area contributed by atoms with E-state index in [0.29, 0.717) is 6.42 Å². The average molecular weight is 260 g/mol. The van der Waals surface area contributed by atoms with Crippen LogP contribution in [-0.4, -0.2) is 49.4 Å². The van der Waals surface area contributed by atoms with E-state index < -0.39 is 15.4 Å². The molecule has 0 aromatic heterocycles. The number of nitrogens with two attached hydrogens (primary N) is 1.